The molecule has 0 saturated carbocycles. The molecule has 3 nitrogen and oxygen atoms in total. The summed E-state index contributed by atoms with van der Waals surface area (Å²) in [6.45, 7) is 3.21. The Balaban J connectivity index is 2.16. The van der Waals surface area contributed by atoms with Gasteiger partial charge in [0.15, 0.2) is 0 Å². The summed E-state index contributed by atoms with van der Waals surface area (Å²) in [4.78, 5) is 4.33. The van der Waals surface area contributed by atoms with Crippen LogP contribution in [0.3, 0.4) is 0 Å². The molecular weight excluding hydrogens is 242 g/mol. The number of benzene rings is 1. The lowest BCUT2D eigenvalue weighted by molar-refractivity contribution is 0.854. The van der Waals surface area contributed by atoms with E-state index in [0.717, 1.165) is 35.2 Å². The molecule has 0 aliphatic heterocycles. The van der Waals surface area contributed by atoms with Crippen LogP contribution in [0.2, 0.25) is 0 Å². The lowest BCUT2D eigenvalue weighted by Crippen LogP contribution is -2.08. The van der Waals surface area contributed by atoms with Gasteiger partial charge in [0, 0.05) is 29.1 Å². The number of nitrogens with two attached hydrogens (primary N) is 1. The molecule has 4 heteroatoms. The Kier molecular flexibility index (Phi) is 4.31. The van der Waals surface area contributed by atoms with Crippen LogP contribution in [-0.2, 0) is 0 Å². The Morgan fingerprint density at radius 1 is 1.39 bits per heavy atom. The first-order valence-electron chi connectivity index (χ1n) is 6.12. The van der Waals surface area contributed by atoms with Crippen molar-refractivity contribution in [3.05, 3.63) is 30.5 Å². The van der Waals surface area contributed by atoms with Gasteiger partial charge in [-0.1, -0.05) is 6.92 Å². The minimum absolute atomic E-state index is 0.677. The van der Waals surface area contributed by atoms with E-state index in [1.165, 1.54) is 0 Å². The SMILES string of the molecule is CSC(C)CCNc1ccc(N)c2ncccc12. The summed E-state index contributed by atoms with van der Waals surface area (Å²) < 4.78 is 0. The van der Waals surface area contributed by atoms with Crippen molar-refractivity contribution in [3.8, 4) is 0 Å². The number of thioether (sulfide) groups is 1. The van der Waals surface area contributed by atoms with E-state index < -0.39 is 0 Å². The van der Waals surface area contributed by atoms with Gasteiger partial charge >= 0.3 is 0 Å². The normalized spacial score (nSPS) is 12.6. The smallest absolute Gasteiger partial charge is 0.0951 e. The first-order chi connectivity index (χ1) is 8.72. The maximum Gasteiger partial charge on any atom is 0.0951 e. The van der Waals surface area contributed by atoms with Crippen molar-refractivity contribution in [2.24, 2.45) is 0 Å². The van der Waals surface area contributed by atoms with Crippen LogP contribution < -0.4 is 11.1 Å². The zero-order chi connectivity index (χ0) is 13.0. The highest BCUT2D eigenvalue weighted by atomic mass is 32.2. The molecule has 0 saturated heterocycles. The molecule has 18 heavy (non-hydrogen) atoms. The number of rotatable bonds is 5. The topological polar surface area (TPSA) is 50.9 Å². The molecule has 1 aromatic carbocycles. The number of nitrogen functional groups attached to an aromatic ring is 1. The Bertz CT molecular complexity index is 527. The lowest BCUT2D eigenvalue weighted by Gasteiger charge is -2.12. The second-order valence-corrected chi connectivity index (χ2v) is 5.64. The molecule has 1 heterocycles. The molecule has 0 spiro atoms. The summed E-state index contributed by atoms with van der Waals surface area (Å²) in [6, 6.07) is 7.94. The van der Waals surface area contributed by atoms with Crippen molar-refractivity contribution < 1.29 is 0 Å². The molecule has 0 fully saturated rings. The predicted octanol–water partition coefficient (Wildman–Crippen LogP) is 3.37. The average molecular weight is 261 g/mol. The maximum atomic E-state index is 5.93. The number of hydrogen-bond donors (Lipinski definition) is 2. The number of nitrogens with one attached hydrogen (secondary N) is 1. The summed E-state index contributed by atoms with van der Waals surface area (Å²) in [5.41, 5.74) is 8.65. The second-order valence-electron chi connectivity index (χ2n) is 4.36. The van der Waals surface area contributed by atoms with E-state index in [-0.39, 0.29) is 0 Å². The van der Waals surface area contributed by atoms with Gasteiger partial charge in [-0.15, -0.1) is 0 Å². The van der Waals surface area contributed by atoms with E-state index in [4.69, 9.17) is 5.73 Å². The molecule has 2 rings (SSSR count). The van der Waals surface area contributed by atoms with Gasteiger partial charge < -0.3 is 11.1 Å². The third kappa shape index (κ3) is 2.88. The Labute approximate surface area is 112 Å². The molecular formula is C14H19N3S. The summed E-state index contributed by atoms with van der Waals surface area (Å²) in [5, 5.41) is 5.24. The molecule has 0 aliphatic carbocycles. The highest BCUT2D eigenvalue weighted by Gasteiger charge is 2.05. The number of nitrogens with zero attached hydrogens (tertiary/aromatic N) is 1. The van der Waals surface area contributed by atoms with Gasteiger partial charge in [0.2, 0.25) is 0 Å². The van der Waals surface area contributed by atoms with Gasteiger partial charge in [0.25, 0.3) is 0 Å². The van der Waals surface area contributed by atoms with Gasteiger partial charge in [-0.2, -0.15) is 11.8 Å². The fourth-order valence-electron chi connectivity index (χ4n) is 1.88. The van der Waals surface area contributed by atoms with Gasteiger partial charge in [0.05, 0.1) is 11.2 Å². The van der Waals surface area contributed by atoms with E-state index >= 15 is 0 Å². The molecule has 1 atom stereocenters. The average Bonchev–Trinajstić information content (AvgIpc) is 2.41. The second kappa shape index (κ2) is 5.96. The predicted molar refractivity (Wildman–Crippen MR) is 82.2 cm³/mol. The number of aromatic nitrogens is 1. The standard InChI is InChI=1S/C14H19N3S/c1-10(18-2)7-9-16-13-6-5-12(15)14-11(13)4-3-8-17-14/h3-6,8,10,16H,7,9,15H2,1-2H3. The number of fused-ring (bicyclic) bond motifs is 1. The van der Waals surface area contributed by atoms with Crippen molar-refractivity contribution in [1.29, 1.82) is 0 Å². The van der Waals surface area contributed by atoms with Gasteiger partial charge in [-0.25, -0.2) is 0 Å². The number of pyridine rings is 1. The van der Waals surface area contributed by atoms with Crippen LogP contribution in [0.4, 0.5) is 11.4 Å². The van der Waals surface area contributed by atoms with E-state index in [1.54, 1.807) is 6.20 Å². The number of hydrogen-bond acceptors (Lipinski definition) is 4. The van der Waals surface area contributed by atoms with Gasteiger partial charge in [-0.05, 0) is 36.9 Å². The van der Waals surface area contributed by atoms with Crippen LogP contribution in [0.15, 0.2) is 30.5 Å². The van der Waals surface area contributed by atoms with E-state index in [2.05, 4.69) is 29.5 Å². The van der Waals surface area contributed by atoms with Crippen molar-refractivity contribution in [3.63, 3.8) is 0 Å². The van der Waals surface area contributed by atoms with E-state index in [1.807, 2.05) is 30.0 Å². The minimum Gasteiger partial charge on any atom is -0.397 e. The van der Waals surface area contributed by atoms with Crippen LogP contribution in [-0.4, -0.2) is 23.0 Å². The molecule has 96 valence electrons. The lowest BCUT2D eigenvalue weighted by atomic mass is 10.1. The molecule has 1 aromatic heterocycles. The Morgan fingerprint density at radius 3 is 3.00 bits per heavy atom. The van der Waals surface area contributed by atoms with E-state index in [0.29, 0.717) is 5.25 Å². The fraction of sp³-hybridized carbons (Fsp3) is 0.357. The minimum atomic E-state index is 0.677. The van der Waals surface area contributed by atoms with Crippen LogP contribution in [0.1, 0.15) is 13.3 Å². The van der Waals surface area contributed by atoms with Gasteiger partial charge in [-0.3, -0.25) is 4.98 Å². The fourth-order valence-corrected chi connectivity index (χ4v) is 2.23. The third-order valence-corrected chi connectivity index (χ3v) is 4.11. The van der Waals surface area contributed by atoms with Crippen molar-refractivity contribution in [2.45, 2.75) is 18.6 Å². The summed E-state index contributed by atoms with van der Waals surface area (Å²) in [5.74, 6) is 0. The summed E-state index contributed by atoms with van der Waals surface area (Å²) in [7, 11) is 0. The Morgan fingerprint density at radius 2 is 2.22 bits per heavy atom. The van der Waals surface area contributed by atoms with Crippen molar-refractivity contribution in [2.75, 3.05) is 23.9 Å². The molecule has 0 radical (unpaired) electrons. The summed E-state index contributed by atoms with van der Waals surface area (Å²) in [6.07, 6.45) is 5.07. The number of anilines is 2. The molecule has 2 aromatic rings. The maximum absolute atomic E-state index is 5.93. The van der Waals surface area contributed by atoms with Crippen LogP contribution in [0.5, 0.6) is 0 Å². The Hall–Kier alpha value is -1.42. The molecule has 0 bridgehead atoms. The summed E-state index contributed by atoms with van der Waals surface area (Å²) >= 11 is 1.89. The zero-order valence-electron chi connectivity index (χ0n) is 10.8. The molecule has 3 N–H and O–H groups in total. The molecule has 0 amide bonds. The van der Waals surface area contributed by atoms with Crippen LogP contribution in [0.25, 0.3) is 10.9 Å². The highest BCUT2D eigenvalue weighted by Crippen LogP contribution is 2.26. The molecule has 1 unspecified atom stereocenters. The van der Waals surface area contributed by atoms with Gasteiger partial charge in [0.1, 0.15) is 0 Å². The quantitative estimate of drug-likeness (QED) is 0.810. The highest BCUT2D eigenvalue weighted by molar-refractivity contribution is 7.99. The monoisotopic (exact) mass is 261 g/mol. The van der Waals surface area contributed by atoms with Crippen molar-refractivity contribution >= 4 is 34.0 Å². The zero-order valence-corrected chi connectivity index (χ0v) is 11.6. The molecule has 0 aliphatic rings. The van der Waals surface area contributed by atoms with E-state index in [9.17, 15) is 0 Å². The van der Waals surface area contributed by atoms with Crippen LogP contribution in [0, 0.1) is 0 Å². The van der Waals surface area contributed by atoms with Crippen LogP contribution >= 0.6 is 11.8 Å². The third-order valence-electron chi connectivity index (χ3n) is 3.07. The first-order valence-corrected chi connectivity index (χ1v) is 7.41. The largest absolute Gasteiger partial charge is 0.397 e. The van der Waals surface area contributed by atoms with Crippen molar-refractivity contribution in [1.82, 2.24) is 4.98 Å². The first kappa shape index (κ1) is 13.0.